The molecule has 0 unspecified atom stereocenters. The van der Waals surface area contributed by atoms with Gasteiger partial charge >= 0.3 is 0 Å². The maximum absolute atomic E-state index is 12.2. The molecule has 0 fully saturated rings. The molecule has 10 nitrogen and oxygen atoms in total. The molecule has 3 aromatic rings. The normalized spacial score (nSPS) is 10.8. The molecule has 0 atom stereocenters. The number of hydrogen-bond donors (Lipinski definition) is 3. The number of nitrogens with zero attached hydrogens (tertiary/aromatic N) is 4. The van der Waals surface area contributed by atoms with Gasteiger partial charge < -0.3 is 19.8 Å². The van der Waals surface area contributed by atoms with Gasteiger partial charge in [0.2, 0.25) is 5.82 Å². The van der Waals surface area contributed by atoms with E-state index >= 15 is 0 Å². The molecule has 3 N–H and O–H groups in total. The molecule has 0 aliphatic rings. The second-order valence-corrected chi connectivity index (χ2v) is 4.90. The van der Waals surface area contributed by atoms with Gasteiger partial charge in [-0.05, 0) is 35.5 Å². The number of aromatic nitrogens is 4. The first-order valence-electron chi connectivity index (χ1n) is 7.35. The van der Waals surface area contributed by atoms with E-state index in [1.807, 2.05) is 6.07 Å². The molecular weight excluding hydrogens is 338 g/mol. The van der Waals surface area contributed by atoms with Crippen LogP contribution in [0.15, 0.2) is 47.2 Å². The third-order valence-electron chi connectivity index (χ3n) is 3.28. The smallest absolute Gasteiger partial charge is 0.291 e. The van der Waals surface area contributed by atoms with E-state index in [9.17, 15) is 4.79 Å². The van der Waals surface area contributed by atoms with E-state index in [0.29, 0.717) is 17.1 Å². The van der Waals surface area contributed by atoms with Crippen LogP contribution in [0, 0.1) is 11.3 Å². The minimum absolute atomic E-state index is 0.167. The molecule has 2 aromatic heterocycles. The molecular formula is C16H13N7O3. The maximum Gasteiger partial charge on any atom is 0.291 e. The van der Waals surface area contributed by atoms with Gasteiger partial charge in [-0.25, -0.2) is 0 Å². The zero-order chi connectivity index (χ0) is 18.4. The minimum Gasteiger partial charge on any atom is -0.495 e. The third kappa shape index (κ3) is 3.68. The molecule has 0 radical (unpaired) electrons. The van der Waals surface area contributed by atoms with Crippen molar-refractivity contribution in [3.05, 3.63) is 54.4 Å². The quantitative estimate of drug-likeness (QED) is 0.573. The molecule has 2 heterocycles. The summed E-state index contributed by atoms with van der Waals surface area (Å²) < 4.78 is 10.3. The van der Waals surface area contributed by atoms with Crippen LogP contribution in [0.5, 0.6) is 5.75 Å². The Labute approximate surface area is 147 Å². The highest BCUT2D eigenvalue weighted by Gasteiger charge is 2.13. The number of nitriles is 1. The van der Waals surface area contributed by atoms with E-state index in [-0.39, 0.29) is 17.2 Å². The SMILES string of the molecule is COc1ccc(NC=C(C#N)c2nn[nH]n2)cc1NC(=O)c1ccco1. The predicted molar refractivity (Wildman–Crippen MR) is 91.0 cm³/mol. The van der Waals surface area contributed by atoms with Crippen molar-refractivity contribution in [3.8, 4) is 11.8 Å². The number of H-pyrrole nitrogens is 1. The van der Waals surface area contributed by atoms with Crippen molar-refractivity contribution in [2.24, 2.45) is 0 Å². The Balaban J connectivity index is 1.81. The lowest BCUT2D eigenvalue weighted by Crippen LogP contribution is -2.12. The van der Waals surface area contributed by atoms with Crippen molar-refractivity contribution in [2.75, 3.05) is 17.7 Å². The van der Waals surface area contributed by atoms with Gasteiger partial charge in [0.25, 0.3) is 5.91 Å². The summed E-state index contributed by atoms with van der Waals surface area (Å²) >= 11 is 0. The Kier molecular flexibility index (Phi) is 4.90. The van der Waals surface area contributed by atoms with Gasteiger partial charge in [-0.3, -0.25) is 4.79 Å². The average molecular weight is 351 g/mol. The second-order valence-electron chi connectivity index (χ2n) is 4.90. The number of nitrogens with one attached hydrogen (secondary N) is 3. The highest BCUT2D eigenvalue weighted by Crippen LogP contribution is 2.28. The highest BCUT2D eigenvalue weighted by atomic mass is 16.5. The number of rotatable bonds is 6. The van der Waals surface area contributed by atoms with E-state index in [0.717, 1.165) is 0 Å². The molecule has 0 aliphatic carbocycles. The molecule has 0 saturated heterocycles. The summed E-state index contributed by atoms with van der Waals surface area (Å²) in [7, 11) is 1.49. The fraction of sp³-hybridized carbons (Fsp3) is 0.0625. The lowest BCUT2D eigenvalue weighted by atomic mass is 10.2. The van der Waals surface area contributed by atoms with Gasteiger partial charge in [0.1, 0.15) is 17.4 Å². The van der Waals surface area contributed by atoms with Crippen LogP contribution in [-0.4, -0.2) is 33.6 Å². The van der Waals surface area contributed by atoms with Crippen LogP contribution in [0.1, 0.15) is 16.4 Å². The molecule has 1 amide bonds. The second kappa shape index (κ2) is 7.63. The number of hydrogen-bond acceptors (Lipinski definition) is 8. The Hall–Kier alpha value is -4.13. The van der Waals surface area contributed by atoms with Gasteiger partial charge in [0.05, 0.1) is 19.1 Å². The van der Waals surface area contributed by atoms with E-state index in [4.69, 9.17) is 14.4 Å². The minimum atomic E-state index is -0.412. The number of aromatic amines is 1. The molecule has 130 valence electrons. The van der Waals surface area contributed by atoms with Crippen molar-refractivity contribution in [1.82, 2.24) is 20.6 Å². The van der Waals surface area contributed by atoms with E-state index in [1.165, 1.54) is 19.6 Å². The van der Waals surface area contributed by atoms with Crippen molar-refractivity contribution in [2.45, 2.75) is 0 Å². The van der Waals surface area contributed by atoms with Crippen LogP contribution in [0.4, 0.5) is 11.4 Å². The first-order chi connectivity index (χ1) is 12.7. The number of allylic oxidation sites excluding steroid dienone is 1. The molecule has 0 spiro atoms. The maximum atomic E-state index is 12.2. The lowest BCUT2D eigenvalue weighted by Gasteiger charge is -2.11. The van der Waals surface area contributed by atoms with Gasteiger partial charge in [-0.1, -0.05) is 0 Å². The van der Waals surface area contributed by atoms with Crippen molar-refractivity contribution in [3.63, 3.8) is 0 Å². The lowest BCUT2D eigenvalue weighted by molar-refractivity contribution is 0.0996. The van der Waals surface area contributed by atoms with E-state index < -0.39 is 5.91 Å². The topological polar surface area (TPSA) is 142 Å². The zero-order valence-corrected chi connectivity index (χ0v) is 13.6. The number of furan rings is 1. The van der Waals surface area contributed by atoms with Crippen LogP contribution in [-0.2, 0) is 0 Å². The molecule has 0 saturated carbocycles. The van der Waals surface area contributed by atoms with Crippen molar-refractivity contribution in [1.29, 1.82) is 5.26 Å². The summed E-state index contributed by atoms with van der Waals surface area (Å²) in [5.74, 6) is 0.401. The fourth-order valence-electron chi connectivity index (χ4n) is 2.07. The summed E-state index contributed by atoms with van der Waals surface area (Å²) in [6, 6.07) is 10.2. The van der Waals surface area contributed by atoms with Crippen LogP contribution in [0.3, 0.4) is 0 Å². The standard InChI is InChI=1S/C16H13N7O3/c1-25-13-5-4-11(18-9-10(8-17)15-20-22-23-21-15)7-12(13)19-16(24)14-3-2-6-26-14/h2-7,9,18H,1H3,(H,19,24)(H,20,21,22,23). The number of tetrazole rings is 1. The summed E-state index contributed by atoms with van der Waals surface area (Å²) in [6.45, 7) is 0. The number of benzene rings is 1. The number of ether oxygens (including phenoxy) is 1. The summed E-state index contributed by atoms with van der Waals surface area (Å²) in [5.41, 5.74) is 1.23. The van der Waals surface area contributed by atoms with Gasteiger partial charge in [0, 0.05) is 11.9 Å². The van der Waals surface area contributed by atoms with Gasteiger partial charge in [-0.2, -0.15) is 10.5 Å². The number of methoxy groups -OCH3 is 1. The monoisotopic (exact) mass is 351 g/mol. The molecule has 0 aliphatic heterocycles. The number of amides is 1. The Bertz CT molecular complexity index is 956. The largest absolute Gasteiger partial charge is 0.495 e. The van der Waals surface area contributed by atoms with E-state index in [1.54, 1.807) is 30.3 Å². The van der Waals surface area contributed by atoms with Gasteiger partial charge in [0.15, 0.2) is 5.76 Å². The Morgan fingerprint density at radius 1 is 1.42 bits per heavy atom. The first kappa shape index (κ1) is 16.7. The number of carbonyl (C=O) groups excluding carboxylic acids is 1. The van der Waals surface area contributed by atoms with Crippen molar-refractivity contribution < 1.29 is 13.9 Å². The Morgan fingerprint density at radius 3 is 2.96 bits per heavy atom. The fourth-order valence-corrected chi connectivity index (χ4v) is 2.07. The summed E-state index contributed by atoms with van der Waals surface area (Å²) in [4.78, 5) is 12.2. The Morgan fingerprint density at radius 2 is 2.31 bits per heavy atom. The molecule has 26 heavy (non-hydrogen) atoms. The summed E-state index contributed by atoms with van der Waals surface area (Å²) in [6.07, 6.45) is 2.85. The number of anilines is 2. The van der Waals surface area contributed by atoms with Gasteiger partial charge in [-0.15, -0.1) is 10.2 Å². The van der Waals surface area contributed by atoms with Crippen LogP contribution in [0.2, 0.25) is 0 Å². The molecule has 0 bridgehead atoms. The number of carbonyl (C=O) groups is 1. The van der Waals surface area contributed by atoms with Crippen LogP contribution >= 0.6 is 0 Å². The van der Waals surface area contributed by atoms with E-state index in [2.05, 4.69) is 31.3 Å². The summed E-state index contributed by atoms with van der Waals surface area (Å²) in [5, 5.41) is 28.0. The molecule has 1 aromatic carbocycles. The molecule has 10 heteroatoms. The van der Waals surface area contributed by atoms with Crippen LogP contribution < -0.4 is 15.4 Å². The third-order valence-corrected chi connectivity index (χ3v) is 3.28. The zero-order valence-electron chi connectivity index (χ0n) is 13.6. The first-order valence-corrected chi connectivity index (χ1v) is 7.35. The highest BCUT2D eigenvalue weighted by molar-refractivity contribution is 6.03. The average Bonchev–Trinajstić information content (AvgIpc) is 3.36. The van der Waals surface area contributed by atoms with Crippen LogP contribution in [0.25, 0.3) is 5.57 Å². The predicted octanol–water partition coefficient (Wildman–Crippen LogP) is 2.03. The molecule has 3 rings (SSSR count). The van der Waals surface area contributed by atoms with Crippen molar-refractivity contribution >= 4 is 22.9 Å².